The van der Waals surface area contributed by atoms with Crippen molar-refractivity contribution in [3.8, 4) is 16.9 Å². The first-order valence-electron chi connectivity index (χ1n) is 9.64. The number of thiophene rings is 1. The van der Waals surface area contributed by atoms with Crippen LogP contribution in [0.3, 0.4) is 0 Å². The maximum atomic E-state index is 13.3. The number of ether oxygens (including phenoxy) is 1. The lowest BCUT2D eigenvalue weighted by atomic mass is 10.1. The molecule has 0 spiro atoms. The van der Waals surface area contributed by atoms with Gasteiger partial charge in [0.2, 0.25) is 0 Å². The molecule has 1 aliphatic rings. The van der Waals surface area contributed by atoms with Crippen LogP contribution in [0.1, 0.15) is 23.2 Å². The third kappa shape index (κ3) is 3.19. The highest BCUT2D eigenvalue weighted by atomic mass is 32.1. The number of hydrogen-bond acceptors (Lipinski definition) is 4. The van der Waals surface area contributed by atoms with Gasteiger partial charge in [0.05, 0.1) is 22.9 Å². The van der Waals surface area contributed by atoms with Gasteiger partial charge in [-0.2, -0.15) is 0 Å². The minimum absolute atomic E-state index is 0.124. The summed E-state index contributed by atoms with van der Waals surface area (Å²) in [6, 6.07) is 13.2. The van der Waals surface area contributed by atoms with Gasteiger partial charge in [-0.1, -0.05) is 12.1 Å². The smallest absolute Gasteiger partial charge is 0.263 e. The maximum absolute atomic E-state index is 13.3. The van der Waals surface area contributed by atoms with E-state index < -0.39 is 0 Å². The topological polar surface area (TPSA) is 59.8 Å². The van der Waals surface area contributed by atoms with Crippen LogP contribution in [0.5, 0.6) is 5.75 Å². The molecule has 1 saturated carbocycles. The van der Waals surface area contributed by atoms with E-state index in [4.69, 9.17) is 4.74 Å². The third-order valence-corrected chi connectivity index (χ3v) is 6.37. The second-order valence-corrected chi connectivity index (χ2v) is 8.32. The Kier molecular flexibility index (Phi) is 4.36. The molecule has 1 aromatic carbocycles. The van der Waals surface area contributed by atoms with Crippen LogP contribution in [-0.2, 0) is 0 Å². The Morgan fingerprint density at radius 2 is 2.10 bits per heavy atom. The summed E-state index contributed by atoms with van der Waals surface area (Å²) in [5.74, 6) is 1.17. The van der Waals surface area contributed by atoms with Crippen molar-refractivity contribution < 1.29 is 9.53 Å². The number of carbonyl (C=O) groups excluding carboxylic acids is 1. The monoisotopic (exact) mass is 404 g/mol. The standard InChI is InChI=1S/C23H20N2O3S/c1-28-16-4-2-3-15(11-16)17-7-8-20-21-18(9-10-29-21)19(13-25(20)23(17)27)22(26)24-12-14-5-6-14/h2-4,7-11,13-14H,5-6,12H2,1H3,(H,24,26). The van der Waals surface area contributed by atoms with Gasteiger partial charge >= 0.3 is 0 Å². The summed E-state index contributed by atoms with van der Waals surface area (Å²) >= 11 is 1.54. The largest absolute Gasteiger partial charge is 0.497 e. The molecule has 0 bridgehead atoms. The molecule has 1 fully saturated rings. The van der Waals surface area contributed by atoms with Crippen molar-refractivity contribution in [1.82, 2.24) is 9.72 Å². The van der Waals surface area contributed by atoms with E-state index in [1.807, 2.05) is 47.8 Å². The average molecular weight is 404 g/mol. The van der Waals surface area contributed by atoms with Gasteiger partial charge < -0.3 is 10.1 Å². The average Bonchev–Trinajstić information content (AvgIpc) is 3.45. The van der Waals surface area contributed by atoms with Gasteiger partial charge in [0.15, 0.2) is 0 Å². The number of hydrogen-bond donors (Lipinski definition) is 1. The second kappa shape index (κ2) is 7.04. The van der Waals surface area contributed by atoms with Gasteiger partial charge in [0, 0.05) is 23.7 Å². The summed E-state index contributed by atoms with van der Waals surface area (Å²) in [6.07, 6.45) is 4.03. The van der Waals surface area contributed by atoms with E-state index >= 15 is 0 Å². The Balaban J connectivity index is 1.68. The van der Waals surface area contributed by atoms with Gasteiger partial charge in [-0.05, 0) is 60.0 Å². The summed E-state index contributed by atoms with van der Waals surface area (Å²) in [4.78, 5) is 26.2. The molecule has 6 heteroatoms. The van der Waals surface area contributed by atoms with Gasteiger partial charge in [-0.25, -0.2) is 0 Å². The van der Waals surface area contributed by atoms with Crippen LogP contribution in [0, 0.1) is 5.92 Å². The molecule has 1 aliphatic carbocycles. The first-order valence-corrected chi connectivity index (χ1v) is 10.5. The molecule has 0 unspecified atom stereocenters. The fourth-order valence-corrected chi connectivity index (χ4v) is 4.56. The molecule has 29 heavy (non-hydrogen) atoms. The van der Waals surface area contributed by atoms with Crippen LogP contribution in [0.2, 0.25) is 0 Å². The third-order valence-electron chi connectivity index (χ3n) is 5.44. The van der Waals surface area contributed by atoms with E-state index in [-0.39, 0.29) is 11.5 Å². The molecular formula is C23H20N2O3S. The molecule has 146 valence electrons. The Bertz CT molecular complexity index is 1300. The molecule has 3 aromatic heterocycles. The minimum atomic E-state index is -0.151. The highest BCUT2D eigenvalue weighted by Crippen LogP contribution is 2.31. The SMILES string of the molecule is COc1cccc(-c2ccc3c4sccc4c(C(=O)NCC4CC4)cn3c2=O)c1. The van der Waals surface area contributed by atoms with Crippen molar-refractivity contribution in [2.24, 2.45) is 5.92 Å². The number of aromatic nitrogens is 1. The zero-order chi connectivity index (χ0) is 20.0. The first-order chi connectivity index (χ1) is 14.2. The van der Waals surface area contributed by atoms with Crippen molar-refractivity contribution in [3.05, 3.63) is 70.0 Å². The van der Waals surface area contributed by atoms with Gasteiger partial charge in [0.25, 0.3) is 11.5 Å². The number of carbonyl (C=O) groups is 1. The van der Waals surface area contributed by atoms with Crippen molar-refractivity contribution >= 4 is 32.8 Å². The quantitative estimate of drug-likeness (QED) is 0.539. The zero-order valence-electron chi connectivity index (χ0n) is 16.0. The van der Waals surface area contributed by atoms with Crippen LogP contribution in [-0.4, -0.2) is 24.0 Å². The van der Waals surface area contributed by atoms with Crippen molar-refractivity contribution in [2.75, 3.05) is 13.7 Å². The van der Waals surface area contributed by atoms with E-state index in [1.54, 1.807) is 29.0 Å². The highest BCUT2D eigenvalue weighted by molar-refractivity contribution is 7.18. The number of nitrogens with zero attached hydrogens (tertiary/aromatic N) is 1. The van der Waals surface area contributed by atoms with Gasteiger partial charge in [-0.3, -0.25) is 14.0 Å². The second-order valence-electron chi connectivity index (χ2n) is 7.40. The van der Waals surface area contributed by atoms with Gasteiger partial charge in [0.1, 0.15) is 5.75 Å². The number of amides is 1. The Labute approximate surface area is 171 Å². The van der Waals surface area contributed by atoms with E-state index in [0.717, 1.165) is 21.2 Å². The van der Waals surface area contributed by atoms with Crippen molar-refractivity contribution in [1.29, 1.82) is 0 Å². The molecule has 0 saturated heterocycles. The van der Waals surface area contributed by atoms with E-state index in [0.29, 0.717) is 29.3 Å². The summed E-state index contributed by atoms with van der Waals surface area (Å²) in [6.45, 7) is 0.696. The number of fused-ring (bicyclic) bond motifs is 3. The Hall–Kier alpha value is -3.12. The molecular weight excluding hydrogens is 384 g/mol. The van der Waals surface area contributed by atoms with E-state index in [2.05, 4.69) is 5.32 Å². The lowest BCUT2D eigenvalue weighted by Crippen LogP contribution is -2.27. The number of methoxy groups -OCH3 is 1. The fourth-order valence-electron chi connectivity index (χ4n) is 3.63. The molecule has 0 radical (unpaired) electrons. The van der Waals surface area contributed by atoms with Crippen LogP contribution in [0.4, 0.5) is 0 Å². The predicted octanol–water partition coefficient (Wildman–Crippen LogP) is 4.33. The van der Waals surface area contributed by atoms with Crippen LogP contribution >= 0.6 is 11.3 Å². The minimum Gasteiger partial charge on any atom is -0.497 e. The van der Waals surface area contributed by atoms with Crippen molar-refractivity contribution in [3.63, 3.8) is 0 Å². The fraction of sp³-hybridized carbons (Fsp3) is 0.217. The lowest BCUT2D eigenvalue weighted by molar-refractivity contribution is 0.0953. The Morgan fingerprint density at radius 1 is 1.24 bits per heavy atom. The normalized spacial score (nSPS) is 13.7. The van der Waals surface area contributed by atoms with Crippen LogP contribution in [0.25, 0.3) is 26.7 Å². The number of benzene rings is 1. The summed E-state index contributed by atoms with van der Waals surface area (Å²) in [5, 5.41) is 5.87. The van der Waals surface area contributed by atoms with Crippen LogP contribution in [0.15, 0.2) is 58.8 Å². The molecule has 3 heterocycles. The molecule has 0 aliphatic heterocycles. The van der Waals surface area contributed by atoms with Gasteiger partial charge in [-0.15, -0.1) is 11.3 Å². The van der Waals surface area contributed by atoms with Crippen molar-refractivity contribution in [2.45, 2.75) is 12.8 Å². The lowest BCUT2D eigenvalue weighted by Gasteiger charge is -2.11. The zero-order valence-corrected chi connectivity index (χ0v) is 16.8. The Morgan fingerprint density at radius 3 is 2.90 bits per heavy atom. The first kappa shape index (κ1) is 17.9. The summed E-state index contributed by atoms with van der Waals surface area (Å²) in [7, 11) is 1.60. The number of rotatable bonds is 5. The molecule has 1 N–H and O–H groups in total. The number of pyridine rings is 2. The molecule has 5 nitrogen and oxygen atoms in total. The molecule has 0 atom stereocenters. The van der Waals surface area contributed by atoms with Crippen LogP contribution < -0.4 is 15.6 Å². The predicted molar refractivity (Wildman–Crippen MR) is 116 cm³/mol. The van der Waals surface area contributed by atoms with E-state index in [1.165, 1.54) is 12.8 Å². The maximum Gasteiger partial charge on any atom is 0.263 e. The molecule has 5 rings (SSSR count). The molecule has 4 aromatic rings. The van der Waals surface area contributed by atoms with E-state index in [9.17, 15) is 9.59 Å². The summed E-state index contributed by atoms with van der Waals surface area (Å²) in [5.41, 5.74) is 2.56. The molecule has 1 amide bonds. The number of nitrogens with one attached hydrogen (secondary N) is 1. The summed E-state index contributed by atoms with van der Waals surface area (Å²) < 4.78 is 7.83. The highest BCUT2D eigenvalue weighted by Gasteiger charge is 2.23.